The molecule has 100 valence electrons. The molecule has 1 aliphatic rings. The third kappa shape index (κ3) is 2.24. The maximum atomic E-state index is 12.1. The molecule has 1 aromatic heterocycles. The summed E-state index contributed by atoms with van der Waals surface area (Å²) >= 11 is 0. The number of hydrogen-bond acceptors (Lipinski definition) is 3. The molecule has 3 N–H and O–H groups in total. The lowest BCUT2D eigenvalue weighted by Gasteiger charge is -2.37. The van der Waals surface area contributed by atoms with Gasteiger partial charge in [0.15, 0.2) is 0 Å². The first-order valence-electron chi connectivity index (χ1n) is 6.79. The number of nitrogens with two attached hydrogens (primary N) is 1. The van der Waals surface area contributed by atoms with Gasteiger partial charge in [0.2, 0.25) is 0 Å². The summed E-state index contributed by atoms with van der Waals surface area (Å²) in [7, 11) is 0. The molecule has 3 rings (SSSR count). The maximum Gasteiger partial charge on any atom is 0.257 e. The van der Waals surface area contributed by atoms with Crippen molar-refractivity contribution in [1.82, 2.24) is 4.98 Å². The largest absolute Gasteiger partial charge is 0.355 e. The Balaban J connectivity index is 2.04. The van der Waals surface area contributed by atoms with E-state index in [1.807, 2.05) is 24.3 Å². The van der Waals surface area contributed by atoms with Gasteiger partial charge < -0.3 is 15.6 Å². The van der Waals surface area contributed by atoms with Crippen LogP contribution in [0.1, 0.15) is 19.8 Å². The Labute approximate surface area is 112 Å². The summed E-state index contributed by atoms with van der Waals surface area (Å²) in [5.74, 6) is 0.906. The fourth-order valence-electron chi connectivity index (χ4n) is 2.92. The van der Waals surface area contributed by atoms with Gasteiger partial charge in [0.1, 0.15) is 5.82 Å². The van der Waals surface area contributed by atoms with E-state index in [2.05, 4.69) is 22.9 Å². The first kappa shape index (κ1) is 12.2. The van der Waals surface area contributed by atoms with Crippen LogP contribution in [0, 0.1) is 0 Å². The van der Waals surface area contributed by atoms with Crippen molar-refractivity contribution in [2.75, 3.05) is 11.4 Å². The number of anilines is 1. The fraction of sp³-hybridized carbons (Fsp3) is 0.400. The van der Waals surface area contributed by atoms with E-state index in [1.165, 1.54) is 0 Å². The smallest absolute Gasteiger partial charge is 0.257 e. The molecular weight excluding hydrogens is 238 g/mol. The molecule has 2 atom stereocenters. The Kier molecular flexibility index (Phi) is 3.03. The lowest BCUT2D eigenvalue weighted by Crippen LogP contribution is -2.46. The van der Waals surface area contributed by atoms with Crippen molar-refractivity contribution in [3.05, 3.63) is 40.7 Å². The zero-order valence-electron chi connectivity index (χ0n) is 11.1. The van der Waals surface area contributed by atoms with Crippen LogP contribution in [0.5, 0.6) is 0 Å². The Morgan fingerprint density at radius 2 is 2.16 bits per heavy atom. The van der Waals surface area contributed by atoms with Gasteiger partial charge in [-0.2, -0.15) is 0 Å². The van der Waals surface area contributed by atoms with Crippen LogP contribution in [-0.4, -0.2) is 23.6 Å². The van der Waals surface area contributed by atoms with Crippen LogP contribution < -0.4 is 16.2 Å². The fourth-order valence-corrected chi connectivity index (χ4v) is 2.92. The van der Waals surface area contributed by atoms with E-state index in [0.717, 1.165) is 36.0 Å². The molecule has 0 aliphatic carbocycles. The van der Waals surface area contributed by atoms with E-state index in [-0.39, 0.29) is 11.6 Å². The number of rotatable bonds is 1. The Hall–Kier alpha value is -1.81. The van der Waals surface area contributed by atoms with Gasteiger partial charge in [0.05, 0.1) is 0 Å². The van der Waals surface area contributed by atoms with Gasteiger partial charge in [-0.25, -0.2) is 0 Å². The van der Waals surface area contributed by atoms with Crippen LogP contribution in [0.25, 0.3) is 10.8 Å². The van der Waals surface area contributed by atoms with E-state index in [1.54, 1.807) is 0 Å². The lowest BCUT2D eigenvalue weighted by molar-refractivity contribution is 0.427. The average molecular weight is 257 g/mol. The van der Waals surface area contributed by atoms with Crippen LogP contribution in [0.3, 0.4) is 0 Å². The van der Waals surface area contributed by atoms with Gasteiger partial charge in [-0.15, -0.1) is 0 Å². The highest BCUT2D eigenvalue weighted by atomic mass is 16.1. The van der Waals surface area contributed by atoms with E-state index in [0.29, 0.717) is 6.04 Å². The summed E-state index contributed by atoms with van der Waals surface area (Å²) in [5, 5.41) is 1.73. The highest BCUT2D eigenvalue weighted by Gasteiger charge is 2.24. The molecule has 0 saturated carbocycles. The SMILES string of the molecule is CC1CC(N)CCN1c1cc2ccccc2c(=O)[nH]1. The second-order valence-electron chi connectivity index (χ2n) is 5.40. The van der Waals surface area contributed by atoms with Crippen LogP contribution in [0.15, 0.2) is 35.1 Å². The number of piperidine rings is 1. The zero-order valence-corrected chi connectivity index (χ0v) is 11.1. The van der Waals surface area contributed by atoms with Crippen molar-refractivity contribution in [3.63, 3.8) is 0 Å². The first-order valence-corrected chi connectivity index (χ1v) is 6.79. The first-order chi connectivity index (χ1) is 9.15. The van der Waals surface area contributed by atoms with Gasteiger partial charge >= 0.3 is 0 Å². The quantitative estimate of drug-likeness (QED) is 0.819. The van der Waals surface area contributed by atoms with Crippen molar-refractivity contribution < 1.29 is 0 Å². The minimum absolute atomic E-state index is 0.0184. The molecule has 2 aromatic rings. The number of H-pyrrole nitrogens is 1. The summed E-state index contributed by atoms with van der Waals surface area (Å²) in [6, 6.07) is 10.4. The second-order valence-corrected chi connectivity index (χ2v) is 5.40. The number of nitrogens with zero attached hydrogens (tertiary/aromatic N) is 1. The number of nitrogens with one attached hydrogen (secondary N) is 1. The molecular formula is C15H19N3O. The van der Waals surface area contributed by atoms with Crippen molar-refractivity contribution in [2.45, 2.75) is 31.8 Å². The predicted octanol–water partition coefficient (Wildman–Crippen LogP) is 1.84. The van der Waals surface area contributed by atoms with Crippen LogP contribution in [-0.2, 0) is 0 Å². The average Bonchev–Trinajstić information content (AvgIpc) is 2.38. The molecule has 1 saturated heterocycles. The number of pyridine rings is 1. The summed E-state index contributed by atoms with van der Waals surface area (Å²) in [5.41, 5.74) is 5.97. The van der Waals surface area contributed by atoms with E-state index >= 15 is 0 Å². The van der Waals surface area contributed by atoms with Gasteiger partial charge in [-0.3, -0.25) is 4.79 Å². The monoisotopic (exact) mass is 257 g/mol. The summed E-state index contributed by atoms with van der Waals surface area (Å²) in [6.45, 7) is 3.06. The normalized spacial score (nSPS) is 23.8. The molecule has 0 radical (unpaired) electrons. The van der Waals surface area contributed by atoms with E-state index in [4.69, 9.17) is 5.73 Å². The minimum atomic E-state index is -0.0184. The number of hydrogen-bond donors (Lipinski definition) is 2. The molecule has 0 bridgehead atoms. The van der Waals surface area contributed by atoms with Crippen LogP contribution in [0.2, 0.25) is 0 Å². The number of aromatic amines is 1. The highest BCUT2D eigenvalue weighted by molar-refractivity contribution is 5.83. The summed E-state index contributed by atoms with van der Waals surface area (Å²) < 4.78 is 0. The van der Waals surface area contributed by atoms with Gasteiger partial charge in [-0.05, 0) is 37.3 Å². The Morgan fingerprint density at radius 1 is 1.37 bits per heavy atom. The molecule has 0 spiro atoms. The number of fused-ring (bicyclic) bond motifs is 1. The molecule has 1 aliphatic heterocycles. The predicted molar refractivity (Wildman–Crippen MR) is 78.6 cm³/mol. The lowest BCUT2D eigenvalue weighted by atomic mass is 9.99. The summed E-state index contributed by atoms with van der Waals surface area (Å²) in [6.07, 6.45) is 1.94. The molecule has 0 amide bonds. The molecule has 4 heteroatoms. The number of benzene rings is 1. The number of aromatic nitrogens is 1. The molecule has 1 aromatic carbocycles. The Bertz CT molecular complexity index is 649. The molecule has 2 heterocycles. The standard InChI is InChI=1S/C15H19N3O/c1-10-8-12(16)6-7-18(10)14-9-11-4-2-3-5-13(11)15(19)17-14/h2-5,9-10,12H,6-8,16H2,1H3,(H,17,19). The zero-order chi connectivity index (χ0) is 13.4. The maximum absolute atomic E-state index is 12.1. The molecule has 2 unspecified atom stereocenters. The van der Waals surface area contributed by atoms with Gasteiger partial charge in [0, 0.05) is 24.0 Å². The van der Waals surface area contributed by atoms with Crippen molar-refractivity contribution in [3.8, 4) is 0 Å². The van der Waals surface area contributed by atoms with Crippen molar-refractivity contribution in [1.29, 1.82) is 0 Å². The van der Waals surface area contributed by atoms with E-state index < -0.39 is 0 Å². The topological polar surface area (TPSA) is 62.1 Å². The third-order valence-electron chi connectivity index (χ3n) is 3.97. The van der Waals surface area contributed by atoms with Gasteiger partial charge in [-0.1, -0.05) is 18.2 Å². The molecule has 4 nitrogen and oxygen atoms in total. The van der Waals surface area contributed by atoms with Gasteiger partial charge in [0.25, 0.3) is 5.56 Å². The third-order valence-corrected chi connectivity index (χ3v) is 3.97. The highest BCUT2D eigenvalue weighted by Crippen LogP contribution is 2.23. The second kappa shape index (κ2) is 4.70. The van der Waals surface area contributed by atoms with Crippen LogP contribution in [0.4, 0.5) is 5.82 Å². The van der Waals surface area contributed by atoms with Crippen molar-refractivity contribution in [2.24, 2.45) is 5.73 Å². The van der Waals surface area contributed by atoms with Crippen LogP contribution >= 0.6 is 0 Å². The van der Waals surface area contributed by atoms with Crippen molar-refractivity contribution >= 4 is 16.6 Å². The van der Waals surface area contributed by atoms with E-state index in [9.17, 15) is 4.79 Å². The minimum Gasteiger partial charge on any atom is -0.355 e. The molecule has 1 fully saturated rings. The summed E-state index contributed by atoms with van der Waals surface area (Å²) in [4.78, 5) is 17.3. The Morgan fingerprint density at radius 3 is 2.95 bits per heavy atom. The molecule has 19 heavy (non-hydrogen) atoms.